The summed E-state index contributed by atoms with van der Waals surface area (Å²) in [6, 6.07) is 0. The fourth-order valence-electron chi connectivity index (χ4n) is 2.05. The van der Waals surface area contributed by atoms with E-state index < -0.39 is 11.7 Å². The molecule has 1 amide bonds. The first-order valence-corrected chi connectivity index (χ1v) is 6.14. The molecular formula is C12H24N2O3. The van der Waals surface area contributed by atoms with Crippen LogP contribution in [-0.2, 0) is 9.47 Å². The number of carbonyl (C=O) groups is 1. The molecule has 0 spiro atoms. The zero-order valence-electron chi connectivity index (χ0n) is 11.3. The molecule has 17 heavy (non-hydrogen) atoms. The highest BCUT2D eigenvalue weighted by Crippen LogP contribution is 2.31. The van der Waals surface area contributed by atoms with E-state index in [2.05, 4.69) is 10.9 Å². The first-order chi connectivity index (χ1) is 7.87. The van der Waals surface area contributed by atoms with Gasteiger partial charge in [-0.05, 0) is 33.6 Å². The van der Waals surface area contributed by atoms with Crippen LogP contribution in [0.3, 0.4) is 0 Å². The lowest BCUT2D eigenvalue weighted by Crippen LogP contribution is -2.48. The molecule has 0 aromatic carbocycles. The minimum absolute atomic E-state index is 0.130. The molecule has 1 rings (SSSR count). The van der Waals surface area contributed by atoms with Crippen LogP contribution in [0, 0.1) is 0 Å². The summed E-state index contributed by atoms with van der Waals surface area (Å²) in [5.41, 5.74) is 4.82. The highest BCUT2D eigenvalue weighted by atomic mass is 16.6. The lowest BCUT2D eigenvalue weighted by Gasteiger charge is -2.28. The van der Waals surface area contributed by atoms with Crippen LogP contribution in [0.2, 0.25) is 0 Å². The van der Waals surface area contributed by atoms with E-state index in [-0.39, 0.29) is 5.60 Å². The van der Waals surface area contributed by atoms with Crippen LogP contribution in [-0.4, -0.2) is 30.9 Å². The average molecular weight is 244 g/mol. The molecular weight excluding hydrogens is 220 g/mol. The van der Waals surface area contributed by atoms with Crippen LogP contribution < -0.4 is 10.9 Å². The molecule has 0 saturated heterocycles. The van der Waals surface area contributed by atoms with E-state index in [9.17, 15) is 4.79 Å². The van der Waals surface area contributed by atoms with Gasteiger partial charge in [0.15, 0.2) is 0 Å². The van der Waals surface area contributed by atoms with E-state index in [1.807, 2.05) is 20.8 Å². The quantitative estimate of drug-likeness (QED) is 0.742. The first kappa shape index (κ1) is 14.3. The minimum Gasteiger partial charge on any atom is -0.443 e. The third-order valence-electron chi connectivity index (χ3n) is 2.95. The monoisotopic (exact) mass is 244 g/mol. The van der Waals surface area contributed by atoms with Crippen LogP contribution in [0.1, 0.15) is 46.5 Å². The van der Waals surface area contributed by atoms with Gasteiger partial charge in [0.1, 0.15) is 5.60 Å². The molecule has 0 aliphatic heterocycles. The molecule has 0 aromatic rings. The number of methoxy groups -OCH3 is 1. The van der Waals surface area contributed by atoms with Gasteiger partial charge in [0.2, 0.25) is 0 Å². The van der Waals surface area contributed by atoms with Gasteiger partial charge in [0.05, 0.1) is 5.60 Å². The van der Waals surface area contributed by atoms with E-state index >= 15 is 0 Å². The number of hydrogen-bond acceptors (Lipinski definition) is 4. The Labute approximate surface area is 103 Å². The van der Waals surface area contributed by atoms with Crippen LogP contribution in [0.5, 0.6) is 0 Å². The molecule has 1 fully saturated rings. The molecule has 0 bridgehead atoms. The number of amides is 1. The molecule has 1 aliphatic carbocycles. The highest BCUT2D eigenvalue weighted by Gasteiger charge is 2.33. The summed E-state index contributed by atoms with van der Waals surface area (Å²) >= 11 is 0. The van der Waals surface area contributed by atoms with Crippen LogP contribution in [0.4, 0.5) is 4.79 Å². The molecule has 5 nitrogen and oxygen atoms in total. The van der Waals surface area contributed by atoms with E-state index in [4.69, 9.17) is 9.47 Å². The third-order valence-corrected chi connectivity index (χ3v) is 2.95. The highest BCUT2D eigenvalue weighted by molar-refractivity contribution is 5.66. The van der Waals surface area contributed by atoms with Gasteiger partial charge in [-0.25, -0.2) is 10.2 Å². The van der Waals surface area contributed by atoms with Crippen molar-refractivity contribution < 1.29 is 14.3 Å². The Kier molecular flexibility index (Phi) is 4.77. The molecule has 0 aromatic heterocycles. The summed E-state index contributed by atoms with van der Waals surface area (Å²) in [5.74, 6) is 0. The van der Waals surface area contributed by atoms with Crippen molar-refractivity contribution in [2.45, 2.75) is 57.7 Å². The lowest BCUT2D eigenvalue weighted by atomic mass is 10.0. The second-order valence-electron chi connectivity index (χ2n) is 5.57. The number of hydrogen-bond donors (Lipinski definition) is 2. The summed E-state index contributed by atoms with van der Waals surface area (Å²) in [6.07, 6.45) is 3.98. The molecule has 1 saturated carbocycles. The Balaban J connectivity index is 2.25. The average Bonchev–Trinajstić information content (AvgIpc) is 2.64. The van der Waals surface area contributed by atoms with Crippen molar-refractivity contribution in [1.82, 2.24) is 10.9 Å². The van der Waals surface area contributed by atoms with Gasteiger partial charge >= 0.3 is 6.09 Å². The zero-order valence-corrected chi connectivity index (χ0v) is 11.3. The zero-order chi connectivity index (χ0) is 12.9. The van der Waals surface area contributed by atoms with E-state index in [1.54, 1.807) is 7.11 Å². The number of carbonyl (C=O) groups excluding carboxylic acids is 1. The number of ether oxygens (including phenoxy) is 2. The number of rotatable bonds is 4. The maximum Gasteiger partial charge on any atom is 0.422 e. The molecule has 0 radical (unpaired) electrons. The minimum atomic E-state index is -0.474. The van der Waals surface area contributed by atoms with Gasteiger partial charge in [-0.3, -0.25) is 5.43 Å². The predicted octanol–water partition coefficient (Wildman–Crippen LogP) is 1.97. The van der Waals surface area contributed by atoms with Gasteiger partial charge in [-0.1, -0.05) is 12.8 Å². The summed E-state index contributed by atoms with van der Waals surface area (Å²) in [6.45, 7) is 6.11. The smallest absolute Gasteiger partial charge is 0.422 e. The Hall–Kier alpha value is -0.810. The van der Waals surface area contributed by atoms with Gasteiger partial charge < -0.3 is 9.47 Å². The maximum atomic E-state index is 11.4. The second-order valence-corrected chi connectivity index (χ2v) is 5.57. The standard InChI is InChI=1S/C12H24N2O3/c1-11(2,3)17-10(15)14-13-9-12(16-4)7-5-6-8-12/h13H,5-9H2,1-4H3,(H,14,15). The second kappa shape index (κ2) is 5.69. The van der Waals surface area contributed by atoms with E-state index in [0.29, 0.717) is 6.54 Å². The summed E-state index contributed by atoms with van der Waals surface area (Å²) in [7, 11) is 1.72. The number of hydrazine groups is 1. The molecule has 1 aliphatic rings. The van der Waals surface area contributed by atoms with Gasteiger partial charge in [0, 0.05) is 13.7 Å². The summed E-state index contributed by atoms with van der Waals surface area (Å²) < 4.78 is 10.6. The van der Waals surface area contributed by atoms with Crippen molar-refractivity contribution in [3.05, 3.63) is 0 Å². The van der Waals surface area contributed by atoms with Gasteiger partial charge in [0.25, 0.3) is 0 Å². The van der Waals surface area contributed by atoms with Crippen LogP contribution in [0.15, 0.2) is 0 Å². The van der Waals surface area contributed by atoms with E-state index in [0.717, 1.165) is 12.8 Å². The maximum absolute atomic E-state index is 11.4. The van der Waals surface area contributed by atoms with Crippen molar-refractivity contribution in [1.29, 1.82) is 0 Å². The van der Waals surface area contributed by atoms with Crippen molar-refractivity contribution in [3.63, 3.8) is 0 Å². The lowest BCUT2D eigenvalue weighted by molar-refractivity contribution is -0.00740. The SMILES string of the molecule is COC1(CNNC(=O)OC(C)(C)C)CCCC1. The van der Waals surface area contributed by atoms with Crippen molar-refractivity contribution in [2.75, 3.05) is 13.7 Å². The first-order valence-electron chi connectivity index (χ1n) is 6.14. The molecule has 5 heteroatoms. The predicted molar refractivity (Wildman–Crippen MR) is 65.6 cm³/mol. The summed E-state index contributed by atoms with van der Waals surface area (Å²) in [4.78, 5) is 11.4. The van der Waals surface area contributed by atoms with Crippen molar-refractivity contribution in [3.8, 4) is 0 Å². The van der Waals surface area contributed by atoms with Gasteiger partial charge in [-0.2, -0.15) is 0 Å². The Morgan fingerprint density at radius 2 is 1.88 bits per heavy atom. The molecule has 0 unspecified atom stereocenters. The van der Waals surface area contributed by atoms with Crippen LogP contribution >= 0.6 is 0 Å². The Morgan fingerprint density at radius 1 is 1.29 bits per heavy atom. The number of nitrogens with one attached hydrogen (secondary N) is 2. The van der Waals surface area contributed by atoms with Gasteiger partial charge in [-0.15, -0.1) is 0 Å². The summed E-state index contributed by atoms with van der Waals surface area (Å²) in [5, 5.41) is 0. The third kappa shape index (κ3) is 4.91. The molecule has 0 heterocycles. The largest absolute Gasteiger partial charge is 0.443 e. The Morgan fingerprint density at radius 3 is 2.35 bits per heavy atom. The van der Waals surface area contributed by atoms with Crippen LogP contribution in [0.25, 0.3) is 0 Å². The topological polar surface area (TPSA) is 59.6 Å². The fraction of sp³-hybridized carbons (Fsp3) is 0.917. The van der Waals surface area contributed by atoms with Crippen molar-refractivity contribution in [2.24, 2.45) is 0 Å². The van der Waals surface area contributed by atoms with Crippen molar-refractivity contribution >= 4 is 6.09 Å². The Bertz CT molecular complexity index is 255. The van der Waals surface area contributed by atoms with E-state index in [1.165, 1.54) is 12.8 Å². The fourth-order valence-corrected chi connectivity index (χ4v) is 2.05. The molecule has 2 N–H and O–H groups in total. The molecule has 100 valence electrons. The molecule has 0 atom stereocenters. The normalized spacial score (nSPS) is 19.1.